The van der Waals surface area contributed by atoms with Crippen molar-refractivity contribution >= 4 is 37.2 Å². The molecule has 7 heteroatoms. The van der Waals surface area contributed by atoms with Crippen molar-refractivity contribution in [3.63, 3.8) is 0 Å². The van der Waals surface area contributed by atoms with Gasteiger partial charge in [0.2, 0.25) is 0 Å². The fourth-order valence-corrected chi connectivity index (χ4v) is 2.28. The van der Waals surface area contributed by atoms with E-state index in [1.165, 1.54) is 18.2 Å². The van der Waals surface area contributed by atoms with Gasteiger partial charge in [0.05, 0.1) is 15.5 Å². The Morgan fingerprint density at radius 3 is 2.61 bits per heavy atom. The summed E-state index contributed by atoms with van der Waals surface area (Å²) in [7, 11) is 1.34. The fourth-order valence-electron chi connectivity index (χ4n) is 1.30. The zero-order valence-electron chi connectivity index (χ0n) is 9.74. The maximum atomic E-state index is 11.8. The molecule has 18 heavy (non-hydrogen) atoms. The third kappa shape index (κ3) is 4.15. The molecule has 0 bridgehead atoms. The summed E-state index contributed by atoms with van der Waals surface area (Å²) < 4.78 is 22.3. The van der Waals surface area contributed by atoms with Crippen LogP contribution in [0.15, 0.2) is 23.1 Å². The second kappa shape index (κ2) is 6.41. The smallest absolute Gasteiger partial charge is 0.261 e. The van der Waals surface area contributed by atoms with E-state index in [-0.39, 0.29) is 15.5 Å². The van der Waals surface area contributed by atoms with Crippen LogP contribution in [0.2, 0.25) is 5.02 Å². The largest absolute Gasteiger partial charge is 0.352 e. The standard InChI is InChI=1S/C11H13Cl2NO3S/c1-2-3-6-14-11(15)9-7-8(18(13,16)17)4-5-10(9)12/h4-5,7H,2-3,6H2,1H3,(H,14,15). The predicted molar refractivity (Wildman–Crippen MR) is 71.7 cm³/mol. The van der Waals surface area contributed by atoms with E-state index in [1.54, 1.807) is 0 Å². The third-order valence-corrected chi connectivity index (χ3v) is 3.96. The molecule has 0 heterocycles. The minimum Gasteiger partial charge on any atom is -0.352 e. The van der Waals surface area contributed by atoms with Crippen LogP contribution in [0.25, 0.3) is 0 Å². The number of carbonyl (C=O) groups is 1. The van der Waals surface area contributed by atoms with Crippen molar-refractivity contribution in [1.29, 1.82) is 0 Å². The van der Waals surface area contributed by atoms with Gasteiger partial charge in [-0.2, -0.15) is 0 Å². The first kappa shape index (κ1) is 15.3. The number of unbranched alkanes of at least 4 members (excludes halogenated alkanes) is 1. The van der Waals surface area contributed by atoms with Crippen molar-refractivity contribution in [2.24, 2.45) is 0 Å². The summed E-state index contributed by atoms with van der Waals surface area (Å²) in [4.78, 5) is 11.6. The van der Waals surface area contributed by atoms with Gasteiger partial charge in [-0.1, -0.05) is 24.9 Å². The highest BCUT2D eigenvalue weighted by molar-refractivity contribution is 8.13. The first-order valence-corrected chi connectivity index (χ1v) is 8.07. The van der Waals surface area contributed by atoms with E-state index in [9.17, 15) is 13.2 Å². The summed E-state index contributed by atoms with van der Waals surface area (Å²) in [6, 6.07) is 3.77. The Hall–Kier alpha value is -0.780. The van der Waals surface area contributed by atoms with Gasteiger partial charge < -0.3 is 5.32 Å². The topological polar surface area (TPSA) is 63.2 Å². The molecular weight excluding hydrogens is 297 g/mol. The Morgan fingerprint density at radius 1 is 1.39 bits per heavy atom. The molecule has 1 aromatic rings. The number of amides is 1. The summed E-state index contributed by atoms with van der Waals surface area (Å²) in [5, 5.41) is 2.85. The second-order valence-electron chi connectivity index (χ2n) is 3.69. The molecule has 4 nitrogen and oxygen atoms in total. The first-order chi connectivity index (χ1) is 8.36. The highest BCUT2D eigenvalue weighted by Crippen LogP contribution is 2.22. The van der Waals surface area contributed by atoms with Gasteiger partial charge in [-0.3, -0.25) is 4.79 Å². The summed E-state index contributed by atoms with van der Waals surface area (Å²) >= 11 is 5.86. The minimum absolute atomic E-state index is 0.106. The van der Waals surface area contributed by atoms with Crippen molar-refractivity contribution in [3.8, 4) is 0 Å². The number of nitrogens with one attached hydrogen (secondary N) is 1. The normalized spacial score (nSPS) is 11.3. The van der Waals surface area contributed by atoms with Crippen LogP contribution >= 0.6 is 22.3 Å². The lowest BCUT2D eigenvalue weighted by Gasteiger charge is -2.07. The lowest BCUT2D eigenvalue weighted by molar-refractivity contribution is 0.0953. The van der Waals surface area contributed by atoms with Crippen LogP contribution in [-0.4, -0.2) is 20.9 Å². The average Bonchev–Trinajstić information content (AvgIpc) is 2.28. The van der Waals surface area contributed by atoms with Crippen LogP contribution in [0, 0.1) is 0 Å². The maximum Gasteiger partial charge on any atom is 0.261 e. The van der Waals surface area contributed by atoms with Gasteiger partial charge in [0, 0.05) is 17.2 Å². The molecule has 1 rings (SSSR count). The summed E-state index contributed by atoms with van der Waals surface area (Å²) in [6.07, 6.45) is 1.79. The maximum absolute atomic E-state index is 11.8. The van der Waals surface area contributed by atoms with E-state index >= 15 is 0 Å². The van der Waals surface area contributed by atoms with Crippen LogP contribution in [0.5, 0.6) is 0 Å². The van der Waals surface area contributed by atoms with Crippen molar-refractivity contribution < 1.29 is 13.2 Å². The molecule has 0 aromatic heterocycles. The Labute approximate surface area is 116 Å². The molecule has 0 aliphatic carbocycles. The number of halogens is 2. The van der Waals surface area contributed by atoms with Crippen LogP contribution < -0.4 is 5.32 Å². The lowest BCUT2D eigenvalue weighted by atomic mass is 10.2. The SMILES string of the molecule is CCCCNC(=O)c1cc(S(=O)(=O)Cl)ccc1Cl. The Morgan fingerprint density at radius 2 is 2.06 bits per heavy atom. The molecule has 100 valence electrons. The van der Waals surface area contributed by atoms with E-state index in [1.807, 2.05) is 6.92 Å². The molecule has 1 N–H and O–H groups in total. The molecule has 0 unspecified atom stereocenters. The molecule has 0 aliphatic rings. The van der Waals surface area contributed by atoms with Gasteiger partial charge in [-0.05, 0) is 24.6 Å². The number of carbonyl (C=O) groups excluding carboxylic acids is 1. The van der Waals surface area contributed by atoms with Gasteiger partial charge in [0.1, 0.15) is 0 Å². The number of hydrogen-bond donors (Lipinski definition) is 1. The van der Waals surface area contributed by atoms with Gasteiger partial charge in [0.15, 0.2) is 0 Å². The molecule has 0 aliphatic heterocycles. The van der Waals surface area contributed by atoms with E-state index in [2.05, 4.69) is 5.32 Å². The van der Waals surface area contributed by atoms with Gasteiger partial charge in [-0.15, -0.1) is 0 Å². The second-order valence-corrected chi connectivity index (χ2v) is 6.66. The molecule has 1 aromatic carbocycles. The lowest BCUT2D eigenvalue weighted by Crippen LogP contribution is -2.24. The van der Waals surface area contributed by atoms with Crippen LogP contribution in [0.1, 0.15) is 30.1 Å². The summed E-state index contributed by atoms with van der Waals surface area (Å²) in [5.41, 5.74) is 0.106. The zero-order valence-corrected chi connectivity index (χ0v) is 12.1. The molecule has 0 spiro atoms. The summed E-state index contributed by atoms with van der Waals surface area (Å²) in [5.74, 6) is -0.407. The van der Waals surface area contributed by atoms with Crippen molar-refractivity contribution in [3.05, 3.63) is 28.8 Å². The predicted octanol–water partition coefficient (Wildman–Crippen LogP) is 2.80. The molecule has 0 radical (unpaired) electrons. The van der Waals surface area contributed by atoms with Gasteiger partial charge in [0.25, 0.3) is 15.0 Å². The third-order valence-electron chi connectivity index (χ3n) is 2.28. The Balaban J connectivity index is 2.97. The van der Waals surface area contributed by atoms with Gasteiger partial charge in [-0.25, -0.2) is 8.42 Å². The Bertz CT molecular complexity index is 543. The van der Waals surface area contributed by atoms with Crippen LogP contribution in [-0.2, 0) is 9.05 Å². The highest BCUT2D eigenvalue weighted by atomic mass is 35.7. The molecule has 0 saturated carbocycles. The molecule has 0 saturated heterocycles. The molecule has 0 atom stereocenters. The minimum atomic E-state index is -3.87. The van der Waals surface area contributed by atoms with Crippen molar-refractivity contribution in [2.45, 2.75) is 24.7 Å². The van der Waals surface area contributed by atoms with Crippen LogP contribution in [0.3, 0.4) is 0 Å². The van der Waals surface area contributed by atoms with Crippen molar-refractivity contribution in [2.75, 3.05) is 6.54 Å². The average molecular weight is 310 g/mol. The number of rotatable bonds is 5. The first-order valence-electron chi connectivity index (χ1n) is 5.38. The zero-order chi connectivity index (χ0) is 13.8. The quantitative estimate of drug-likeness (QED) is 0.672. The number of benzene rings is 1. The van der Waals surface area contributed by atoms with Crippen molar-refractivity contribution in [1.82, 2.24) is 5.32 Å². The monoisotopic (exact) mass is 309 g/mol. The van der Waals surface area contributed by atoms with E-state index in [4.69, 9.17) is 22.3 Å². The van der Waals surface area contributed by atoms with Gasteiger partial charge >= 0.3 is 0 Å². The van der Waals surface area contributed by atoms with E-state index in [0.29, 0.717) is 6.54 Å². The molecule has 0 fully saturated rings. The van der Waals surface area contributed by atoms with E-state index in [0.717, 1.165) is 12.8 Å². The number of hydrogen-bond acceptors (Lipinski definition) is 3. The van der Waals surface area contributed by atoms with Crippen LogP contribution in [0.4, 0.5) is 0 Å². The molecule has 1 amide bonds. The summed E-state index contributed by atoms with van der Waals surface area (Å²) in [6.45, 7) is 2.52. The highest BCUT2D eigenvalue weighted by Gasteiger charge is 2.16. The van der Waals surface area contributed by atoms with E-state index < -0.39 is 15.0 Å². The Kier molecular flexibility index (Phi) is 5.44. The fraction of sp³-hybridized carbons (Fsp3) is 0.364. The molecular formula is C11H13Cl2NO3S.